The molecule has 1 aromatic carbocycles. The largest absolute Gasteiger partial charge is 0.372 e. The van der Waals surface area contributed by atoms with E-state index in [4.69, 9.17) is 0 Å². The number of fused-ring (bicyclic) bond motifs is 1. The summed E-state index contributed by atoms with van der Waals surface area (Å²) in [6, 6.07) is 7.57. The fourth-order valence-corrected chi connectivity index (χ4v) is 2.68. The van der Waals surface area contributed by atoms with Crippen molar-refractivity contribution in [3.05, 3.63) is 36.0 Å². The molecule has 5 heteroatoms. The van der Waals surface area contributed by atoms with Gasteiger partial charge in [-0.05, 0) is 30.5 Å². The lowest BCUT2D eigenvalue weighted by Gasteiger charge is -2.23. The van der Waals surface area contributed by atoms with Crippen molar-refractivity contribution in [1.29, 1.82) is 0 Å². The average Bonchev–Trinajstić information content (AvgIpc) is 2.59. The van der Waals surface area contributed by atoms with Crippen molar-refractivity contribution >= 4 is 28.4 Å². The molecule has 1 unspecified atom stereocenters. The molecule has 1 aliphatic rings. The first-order valence-corrected chi connectivity index (χ1v) is 8.16. The van der Waals surface area contributed by atoms with Gasteiger partial charge >= 0.3 is 0 Å². The monoisotopic (exact) mass is 313 g/mol. The number of rotatable bonds is 3. The highest BCUT2D eigenvalue weighted by molar-refractivity contribution is 6.02. The third-order valence-electron chi connectivity index (χ3n) is 3.81. The van der Waals surface area contributed by atoms with E-state index in [1.54, 1.807) is 6.20 Å². The molecule has 0 bridgehead atoms. The highest BCUT2D eigenvalue weighted by atomic mass is 16.2. The van der Waals surface area contributed by atoms with Gasteiger partial charge in [-0.1, -0.05) is 32.9 Å². The van der Waals surface area contributed by atoms with E-state index < -0.39 is 0 Å². The molecule has 2 N–H and O–H groups in total. The molecule has 1 atom stereocenters. The normalized spacial score (nSPS) is 17.3. The predicted octanol–water partition coefficient (Wildman–Crippen LogP) is 3.04. The van der Waals surface area contributed by atoms with Gasteiger partial charge in [0.05, 0.1) is 11.2 Å². The number of nitrogens with one attached hydrogen (secondary N) is 2. The number of hydrogen-bond donors (Lipinski definition) is 2. The lowest BCUT2D eigenvalue weighted by molar-refractivity contribution is -0.133. The van der Waals surface area contributed by atoms with Gasteiger partial charge in [-0.25, -0.2) is 0 Å². The predicted molar refractivity (Wildman–Crippen MR) is 92.3 cm³/mol. The van der Waals surface area contributed by atoms with Gasteiger partial charge in [0, 0.05) is 18.0 Å². The Balaban J connectivity index is 0.000000924. The first-order valence-electron chi connectivity index (χ1n) is 8.16. The Morgan fingerprint density at radius 3 is 2.74 bits per heavy atom. The summed E-state index contributed by atoms with van der Waals surface area (Å²) < 4.78 is 0. The summed E-state index contributed by atoms with van der Waals surface area (Å²) in [5.74, 6) is -0.475. The van der Waals surface area contributed by atoms with Crippen LogP contribution in [0.25, 0.3) is 10.9 Å². The van der Waals surface area contributed by atoms with Gasteiger partial charge < -0.3 is 5.32 Å². The first-order chi connectivity index (χ1) is 11.2. The summed E-state index contributed by atoms with van der Waals surface area (Å²) in [7, 11) is 0. The zero-order valence-electron chi connectivity index (χ0n) is 13.8. The van der Waals surface area contributed by atoms with E-state index in [0.717, 1.165) is 23.0 Å². The number of pyridine rings is 1. The van der Waals surface area contributed by atoms with Crippen LogP contribution in [0.5, 0.6) is 0 Å². The summed E-state index contributed by atoms with van der Waals surface area (Å²) >= 11 is 0. The molecule has 2 heterocycles. The number of imide groups is 1. The van der Waals surface area contributed by atoms with Crippen molar-refractivity contribution in [2.24, 2.45) is 0 Å². The van der Waals surface area contributed by atoms with Gasteiger partial charge in [0.15, 0.2) is 0 Å². The van der Waals surface area contributed by atoms with Gasteiger partial charge in [0.1, 0.15) is 6.04 Å². The number of benzene rings is 1. The van der Waals surface area contributed by atoms with Gasteiger partial charge in [0.2, 0.25) is 11.8 Å². The molecule has 5 nitrogen and oxygen atoms in total. The zero-order valence-corrected chi connectivity index (χ0v) is 13.8. The summed E-state index contributed by atoms with van der Waals surface area (Å²) in [6.07, 6.45) is 3.55. The lowest BCUT2D eigenvalue weighted by Crippen LogP contribution is -2.47. The molecule has 2 aromatic rings. The van der Waals surface area contributed by atoms with Crippen LogP contribution in [0.1, 0.15) is 39.2 Å². The van der Waals surface area contributed by atoms with Crippen LogP contribution in [-0.4, -0.2) is 22.8 Å². The van der Waals surface area contributed by atoms with Crippen molar-refractivity contribution in [2.75, 3.05) is 5.32 Å². The molecule has 0 saturated carbocycles. The Bertz CT molecular complexity index is 712. The van der Waals surface area contributed by atoms with Crippen LogP contribution >= 0.6 is 0 Å². The number of piperidine rings is 1. The maximum absolute atomic E-state index is 11.9. The van der Waals surface area contributed by atoms with Crippen LogP contribution < -0.4 is 10.6 Å². The maximum atomic E-state index is 11.9. The molecule has 3 rings (SSSR count). The Labute approximate surface area is 136 Å². The van der Waals surface area contributed by atoms with Crippen molar-refractivity contribution in [3.63, 3.8) is 0 Å². The minimum atomic E-state index is -0.389. The summed E-state index contributed by atoms with van der Waals surface area (Å²) in [4.78, 5) is 27.5. The lowest BCUT2D eigenvalue weighted by atomic mass is 10.0. The Morgan fingerprint density at radius 2 is 2.04 bits per heavy atom. The van der Waals surface area contributed by atoms with Gasteiger partial charge in [-0.15, -0.1) is 0 Å². The highest BCUT2D eigenvalue weighted by Crippen LogP contribution is 2.26. The maximum Gasteiger partial charge on any atom is 0.249 e. The Kier molecular flexibility index (Phi) is 5.68. The molecule has 23 heavy (non-hydrogen) atoms. The summed E-state index contributed by atoms with van der Waals surface area (Å²) in [5, 5.41) is 6.67. The third-order valence-corrected chi connectivity index (χ3v) is 3.81. The fourth-order valence-electron chi connectivity index (χ4n) is 2.68. The smallest absolute Gasteiger partial charge is 0.249 e. The molecule has 122 valence electrons. The summed E-state index contributed by atoms with van der Waals surface area (Å²) in [5.41, 5.74) is 2.92. The molecular formula is C18H23N3O2. The first kappa shape index (κ1) is 16.9. The van der Waals surface area contributed by atoms with Crippen molar-refractivity contribution in [2.45, 2.75) is 46.1 Å². The zero-order chi connectivity index (χ0) is 16.8. The molecule has 0 aliphatic carbocycles. The van der Waals surface area contributed by atoms with E-state index in [0.29, 0.717) is 12.8 Å². The number of nitrogens with zero attached hydrogens (tertiary/aromatic N) is 1. The number of anilines is 1. The highest BCUT2D eigenvalue weighted by Gasteiger charge is 2.26. The van der Waals surface area contributed by atoms with Crippen LogP contribution in [0, 0.1) is 0 Å². The Morgan fingerprint density at radius 1 is 1.26 bits per heavy atom. The number of carbonyl (C=O) groups excluding carboxylic acids is 2. The fraction of sp³-hybridized carbons (Fsp3) is 0.389. The van der Waals surface area contributed by atoms with Gasteiger partial charge in [-0.3, -0.25) is 19.9 Å². The second-order valence-corrected chi connectivity index (χ2v) is 5.17. The van der Waals surface area contributed by atoms with Crippen molar-refractivity contribution in [1.82, 2.24) is 10.3 Å². The van der Waals surface area contributed by atoms with E-state index in [1.165, 1.54) is 5.56 Å². The standard InChI is InChI=1S/C16H17N3O2.C2H6/c1-2-10-5-6-12(15-11(10)4-3-9-17-15)18-13-7-8-14(20)19-16(13)21;1-2/h3-6,9,13,18H,2,7-8H2,1H3,(H,19,20,21);1-2H3. The topological polar surface area (TPSA) is 71.1 Å². The molecule has 1 aromatic heterocycles. The van der Waals surface area contributed by atoms with Crippen LogP contribution in [-0.2, 0) is 16.0 Å². The second-order valence-electron chi connectivity index (χ2n) is 5.17. The number of hydrogen-bond acceptors (Lipinski definition) is 4. The molecule has 1 fully saturated rings. The van der Waals surface area contributed by atoms with E-state index in [9.17, 15) is 9.59 Å². The number of amides is 2. The van der Waals surface area contributed by atoms with Crippen molar-refractivity contribution < 1.29 is 9.59 Å². The molecule has 1 aliphatic heterocycles. The van der Waals surface area contributed by atoms with Crippen LogP contribution in [0.15, 0.2) is 30.5 Å². The number of aromatic nitrogens is 1. The third kappa shape index (κ3) is 3.67. The number of aryl methyl sites for hydroxylation is 1. The minimum Gasteiger partial charge on any atom is -0.372 e. The molecule has 2 amide bonds. The summed E-state index contributed by atoms with van der Waals surface area (Å²) in [6.45, 7) is 6.11. The van der Waals surface area contributed by atoms with E-state index in [-0.39, 0.29) is 17.9 Å². The van der Waals surface area contributed by atoms with Crippen LogP contribution in [0.3, 0.4) is 0 Å². The molecular weight excluding hydrogens is 290 g/mol. The minimum absolute atomic E-state index is 0.206. The Hall–Kier alpha value is -2.43. The van der Waals surface area contributed by atoms with Crippen molar-refractivity contribution in [3.8, 4) is 0 Å². The van der Waals surface area contributed by atoms with Gasteiger partial charge in [-0.2, -0.15) is 0 Å². The second kappa shape index (κ2) is 7.72. The van der Waals surface area contributed by atoms with E-state index in [1.807, 2.05) is 32.0 Å². The van der Waals surface area contributed by atoms with Crippen LogP contribution in [0.2, 0.25) is 0 Å². The van der Waals surface area contributed by atoms with E-state index in [2.05, 4.69) is 28.6 Å². The molecule has 0 radical (unpaired) electrons. The number of carbonyl (C=O) groups is 2. The quantitative estimate of drug-likeness (QED) is 0.854. The van der Waals surface area contributed by atoms with E-state index >= 15 is 0 Å². The van der Waals surface area contributed by atoms with Crippen LogP contribution in [0.4, 0.5) is 5.69 Å². The molecule has 0 spiro atoms. The van der Waals surface area contributed by atoms with Gasteiger partial charge in [0.25, 0.3) is 0 Å². The SMILES string of the molecule is CC.CCc1ccc(NC2CCC(=O)NC2=O)c2ncccc12. The average molecular weight is 313 g/mol. The molecule has 1 saturated heterocycles.